The maximum Gasteiger partial charge on any atom is 0.311 e. The fraction of sp³-hybridized carbons (Fsp3) is 0.188. The molecule has 1 aromatic carbocycles. The van der Waals surface area contributed by atoms with Crippen LogP contribution >= 0.6 is 11.3 Å². The second kappa shape index (κ2) is 6.53. The Morgan fingerprint density at radius 2 is 2.05 bits per heavy atom. The highest BCUT2D eigenvalue weighted by molar-refractivity contribution is 7.13. The van der Waals surface area contributed by atoms with Crippen molar-refractivity contribution < 1.29 is 13.9 Å². The van der Waals surface area contributed by atoms with E-state index in [-0.39, 0.29) is 12.4 Å². The second-order valence-corrected chi connectivity index (χ2v) is 5.66. The average molecular weight is 314 g/mol. The summed E-state index contributed by atoms with van der Waals surface area (Å²) in [5, 5.41) is 9.85. The summed E-state index contributed by atoms with van der Waals surface area (Å²) in [4.78, 5) is 12.8. The topological polar surface area (TPSA) is 65.2 Å². The summed E-state index contributed by atoms with van der Waals surface area (Å²) in [7, 11) is 0. The Morgan fingerprint density at radius 3 is 2.77 bits per heavy atom. The number of ether oxygens (including phenoxy) is 1. The molecule has 5 nitrogen and oxygen atoms in total. The fourth-order valence-electron chi connectivity index (χ4n) is 1.95. The quantitative estimate of drug-likeness (QED) is 0.673. The summed E-state index contributed by atoms with van der Waals surface area (Å²) in [5.74, 6) is 0.412. The number of esters is 1. The third-order valence-electron chi connectivity index (χ3n) is 3.02. The van der Waals surface area contributed by atoms with Crippen LogP contribution in [-0.4, -0.2) is 16.2 Å². The molecule has 0 saturated heterocycles. The van der Waals surface area contributed by atoms with E-state index >= 15 is 0 Å². The Balaban J connectivity index is 1.62. The third-order valence-corrected chi connectivity index (χ3v) is 3.88. The minimum Gasteiger partial charge on any atom is -0.452 e. The molecule has 0 bridgehead atoms. The van der Waals surface area contributed by atoms with Crippen LogP contribution in [0.2, 0.25) is 0 Å². The van der Waals surface area contributed by atoms with Crippen LogP contribution in [0, 0.1) is 0 Å². The van der Waals surface area contributed by atoms with Gasteiger partial charge in [0.1, 0.15) is 0 Å². The van der Waals surface area contributed by atoms with E-state index in [1.54, 1.807) is 6.92 Å². The van der Waals surface area contributed by atoms with Gasteiger partial charge in [0.25, 0.3) is 11.8 Å². The van der Waals surface area contributed by atoms with Gasteiger partial charge in [-0.05, 0) is 23.9 Å². The zero-order chi connectivity index (χ0) is 15.4. The summed E-state index contributed by atoms with van der Waals surface area (Å²) >= 11 is 1.51. The maximum absolute atomic E-state index is 11.9. The van der Waals surface area contributed by atoms with Gasteiger partial charge in [-0.2, -0.15) is 0 Å². The summed E-state index contributed by atoms with van der Waals surface area (Å²) in [6.07, 6.45) is -0.352. The van der Waals surface area contributed by atoms with Crippen LogP contribution < -0.4 is 0 Å². The van der Waals surface area contributed by atoms with Crippen LogP contribution in [0.3, 0.4) is 0 Å². The van der Waals surface area contributed by atoms with Crippen molar-refractivity contribution in [1.82, 2.24) is 10.2 Å². The Bertz CT molecular complexity index is 738. The van der Waals surface area contributed by atoms with Gasteiger partial charge in [-0.15, -0.1) is 21.5 Å². The largest absolute Gasteiger partial charge is 0.452 e. The molecule has 0 aliphatic carbocycles. The van der Waals surface area contributed by atoms with Gasteiger partial charge in [0.2, 0.25) is 0 Å². The molecule has 0 spiro atoms. The number of thiophene rings is 1. The van der Waals surface area contributed by atoms with Crippen molar-refractivity contribution in [2.45, 2.75) is 19.4 Å². The molecular weight excluding hydrogens is 300 g/mol. The first-order valence-corrected chi connectivity index (χ1v) is 7.71. The maximum atomic E-state index is 11.9. The van der Waals surface area contributed by atoms with Crippen LogP contribution in [0.25, 0.3) is 10.8 Å². The van der Waals surface area contributed by atoms with E-state index in [2.05, 4.69) is 10.2 Å². The Labute approximate surface area is 131 Å². The lowest BCUT2D eigenvalue weighted by atomic mass is 10.1. The summed E-state index contributed by atoms with van der Waals surface area (Å²) in [5.41, 5.74) is 0.907. The number of benzene rings is 1. The van der Waals surface area contributed by atoms with Gasteiger partial charge in [0.05, 0.1) is 11.3 Å². The summed E-state index contributed by atoms with van der Waals surface area (Å²) in [6.45, 7) is 1.72. The minimum atomic E-state index is -0.572. The number of nitrogens with zero attached hydrogens (tertiary/aromatic N) is 2. The predicted molar refractivity (Wildman–Crippen MR) is 82.3 cm³/mol. The van der Waals surface area contributed by atoms with Crippen molar-refractivity contribution in [3.8, 4) is 10.8 Å². The first-order valence-electron chi connectivity index (χ1n) is 6.83. The number of hydrogen-bond acceptors (Lipinski definition) is 6. The first-order chi connectivity index (χ1) is 10.7. The zero-order valence-electron chi connectivity index (χ0n) is 11.9. The molecule has 2 heterocycles. The molecule has 0 saturated carbocycles. The normalized spacial score (nSPS) is 12.0. The van der Waals surface area contributed by atoms with Crippen molar-refractivity contribution in [3.05, 3.63) is 59.3 Å². The average Bonchev–Trinajstić information content (AvgIpc) is 3.19. The molecule has 0 amide bonds. The first kappa shape index (κ1) is 14.5. The molecule has 3 aromatic rings. The Hall–Kier alpha value is -2.47. The van der Waals surface area contributed by atoms with Gasteiger partial charge in [-0.25, -0.2) is 0 Å². The fourth-order valence-corrected chi connectivity index (χ4v) is 2.59. The second-order valence-electron chi connectivity index (χ2n) is 4.72. The molecule has 0 N–H and O–H groups in total. The smallest absolute Gasteiger partial charge is 0.311 e. The lowest BCUT2D eigenvalue weighted by Gasteiger charge is -2.09. The third kappa shape index (κ3) is 3.40. The molecule has 6 heteroatoms. The number of carbonyl (C=O) groups is 1. The monoisotopic (exact) mass is 314 g/mol. The summed E-state index contributed by atoms with van der Waals surface area (Å²) < 4.78 is 10.9. The molecule has 1 unspecified atom stereocenters. The molecule has 0 aliphatic heterocycles. The minimum absolute atomic E-state index is 0.219. The standard InChI is InChI=1S/C16H14N2O3S/c1-11(20-14(19)10-12-6-3-2-4-7-12)15-17-18-16(21-15)13-8-5-9-22-13/h2-9,11H,10H2,1H3. The highest BCUT2D eigenvalue weighted by Gasteiger charge is 2.19. The van der Waals surface area contributed by atoms with Crippen LogP contribution in [0.1, 0.15) is 24.5 Å². The highest BCUT2D eigenvalue weighted by atomic mass is 32.1. The van der Waals surface area contributed by atoms with E-state index in [0.29, 0.717) is 11.8 Å². The van der Waals surface area contributed by atoms with Crippen molar-refractivity contribution in [1.29, 1.82) is 0 Å². The van der Waals surface area contributed by atoms with Crippen molar-refractivity contribution in [2.24, 2.45) is 0 Å². The van der Waals surface area contributed by atoms with Gasteiger partial charge >= 0.3 is 5.97 Å². The SMILES string of the molecule is CC(OC(=O)Cc1ccccc1)c1nnc(-c2cccs2)o1. The van der Waals surface area contributed by atoms with Crippen LogP contribution in [0.5, 0.6) is 0 Å². The highest BCUT2D eigenvalue weighted by Crippen LogP contribution is 2.25. The van der Waals surface area contributed by atoms with E-state index in [9.17, 15) is 4.79 Å². The lowest BCUT2D eigenvalue weighted by Crippen LogP contribution is -2.11. The molecule has 22 heavy (non-hydrogen) atoms. The van der Waals surface area contributed by atoms with Crippen LogP contribution in [-0.2, 0) is 16.0 Å². The lowest BCUT2D eigenvalue weighted by molar-refractivity contribution is -0.148. The van der Waals surface area contributed by atoms with E-state index in [4.69, 9.17) is 9.15 Å². The summed E-state index contributed by atoms with van der Waals surface area (Å²) in [6, 6.07) is 13.2. The van der Waals surface area contributed by atoms with Gasteiger partial charge in [0.15, 0.2) is 6.10 Å². The predicted octanol–water partition coefficient (Wildman–Crippen LogP) is 3.65. The molecule has 112 valence electrons. The van der Waals surface area contributed by atoms with Crippen molar-refractivity contribution in [2.75, 3.05) is 0 Å². The van der Waals surface area contributed by atoms with Gasteiger partial charge < -0.3 is 9.15 Å². The van der Waals surface area contributed by atoms with Gasteiger partial charge in [-0.1, -0.05) is 36.4 Å². The Kier molecular flexibility index (Phi) is 4.29. The number of carbonyl (C=O) groups excluding carboxylic acids is 1. The molecule has 0 fully saturated rings. The number of hydrogen-bond donors (Lipinski definition) is 0. The van der Waals surface area contributed by atoms with Gasteiger partial charge in [0, 0.05) is 0 Å². The molecule has 0 radical (unpaired) electrons. The molecule has 3 rings (SSSR count). The number of rotatable bonds is 5. The van der Waals surface area contributed by atoms with Crippen LogP contribution in [0.15, 0.2) is 52.3 Å². The van der Waals surface area contributed by atoms with E-state index in [1.807, 2.05) is 47.8 Å². The van der Waals surface area contributed by atoms with Crippen molar-refractivity contribution >= 4 is 17.3 Å². The van der Waals surface area contributed by atoms with E-state index < -0.39 is 6.10 Å². The Morgan fingerprint density at radius 1 is 1.23 bits per heavy atom. The van der Waals surface area contributed by atoms with Gasteiger partial charge in [-0.3, -0.25) is 4.79 Å². The van der Waals surface area contributed by atoms with E-state index in [0.717, 1.165) is 10.4 Å². The zero-order valence-corrected chi connectivity index (χ0v) is 12.7. The van der Waals surface area contributed by atoms with E-state index in [1.165, 1.54) is 11.3 Å². The molecule has 0 aliphatic rings. The van der Waals surface area contributed by atoms with Crippen LogP contribution in [0.4, 0.5) is 0 Å². The molecule has 2 aromatic heterocycles. The molecular formula is C16H14N2O3S. The van der Waals surface area contributed by atoms with Crippen molar-refractivity contribution in [3.63, 3.8) is 0 Å². The number of aromatic nitrogens is 2. The molecule has 1 atom stereocenters.